The summed E-state index contributed by atoms with van der Waals surface area (Å²) < 4.78 is 10.7. The van der Waals surface area contributed by atoms with E-state index in [4.69, 9.17) is 21.1 Å². The molecule has 8 nitrogen and oxygen atoms in total. The van der Waals surface area contributed by atoms with Crippen molar-refractivity contribution in [3.8, 4) is 5.75 Å². The number of morpholine rings is 1. The number of carbonyl (C=O) groups is 1. The first kappa shape index (κ1) is 21.7. The molecule has 0 bridgehead atoms. The molecule has 2 saturated heterocycles. The Morgan fingerprint density at radius 2 is 1.90 bits per heavy atom. The molecule has 0 atom stereocenters. The van der Waals surface area contributed by atoms with Gasteiger partial charge in [0.2, 0.25) is 5.91 Å². The van der Waals surface area contributed by atoms with Crippen LogP contribution in [0.25, 0.3) is 0 Å². The van der Waals surface area contributed by atoms with E-state index < -0.39 is 0 Å². The van der Waals surface area contributed by atoms with Gasteiger partial charge in [-0.3, -0.25) is 14.7 Å². The number of nitrogens with zero attached hydrogens (tertiary/aromatic N) is 4. The van der Waals surface area contributed by atoms with Gasteiger partial charge < -0.3 is 24.6 Å². The van der Waals surface area contributed by atoms with Crippen LogP contribution in [0.2, 0.25) is 5.02 Å². The fourth-order valence-electron chi connectivity index (χ4n) is 3.59. The van der Waals surface area contributed by atoms with Gasteiger partial charge in [0, 0.05) is 63.4 Å². The maximum absolute atomic E-state index is 12.4. The van der Waals surface area contributed by atoms with Crippen LogP contribution in [0, 0.1) is 0 Å². The van der Waals surface area contributed by atoms with Crippen molar-refractivity contribution in [3.05, 3.63) is 28.8 Å². The van der Waals surface area contributed by atoms with E-state index >= 15 is 0 Å². The molecular formula is C20H30ClN5O3. The Morgan fingerprint density at radius 1 is 1.17 bits per heavy atom. The highest BCUT2D eigenvalue weighted by Gasteiger charge is 2.24. The molecular weight excluding hydrogens is 394 g/mol. The van der Waals surface area contributed by atoms with E-state index in [1.807, 2.05) is 23.1 Å². The van der Waals surface area contributed by atoms with Crippen LogP contribution in [0.3, 0.4) is 0 Å². The summed E-state index contributed by atoms with van der Waals surface area (Å²) in [5.41, 5.74) is 1.02. The molecule has 0 radical (unpaired) electrons. The van der Waals surface area contributed by atoms with E-state index in [1.165, 1.54) is 0 Å². The predicted molar refractivity (Wildman–Crippen MR) is 114 cm³/mol. The molecule has 0 spiro atoms. The number of piperazine rings is 1. The van der Waals surface area contributed by atoms with Crippen molar-refractivity contribution in [3.63, 3.8) is 0 Å². The molecule has 2 fully saturated rings. The number of halogens is 1. The number of guanidine groups is 1. The highest BCUT2D eigenvalue weighted by atomic mass is 35.5. The van der Waals surface area contributed by atoms with Gasteiger partial charge >= 0.3 is 0 Å². The van der Waals surface area contributed by atoms with Crippen LogP contribution in [0.4, 0.5) is 0 Å². The summed E-state index contributed by atoms with van der Waals surface area (Å²) in [6, 6.07) is 5.62. The fourth-order valence-corrected chi connectivity index (χ4v) is 3.75. The summed E-state index contributed by atoms with van der Waals surface area (Å²) in [4.78, 5) is 23.2. The van der Waals surface area contributed by atoms with Crippen LogP contribution in [-0.2, 0) is 16.1 Å². The van der Waals surface area contributed by atoms with Crippen LogP contribution in [0.15, 0.2) is 23.2 Å². The van der Waals surface area contributed by atoms with E-state index in [1.54, 1.807) is 14.2 Å². The molecule has 29 heavy (non-hydrogen) atoms. The van der Waals surface area contributed by atoms with Crippen LogP contribution in [0.1, 0.15) is 5.56 Å². The average molecular weight is 424 g/mol. The lowest BCUT2D eigenvalue weighted by Crippen LogP contribution is -2.54. The largest absolute Gasteiger partial charge is 0.496 e. The highest BCUT2D eigenvalue weighted by molar-refractivity contribution is 6.30. The Morgan fingerprint density at radius 3 is 2.55 bits per heavy atom. The van der Waals surface area contributed by atoms with Crippen molar-refractivity contribution >= 4 is 23.5 Å². The number of methoxy groups -OCH3 is 1. The molecule has 1 aromatic carbocycles. The molecule has 1 N–H and O–H groups in total. The number of hydrogen-bond donors (Lipinski definition) is 1. The average Bonchev–Trinajstić information content (AvgIpc) is 2.76. The molecule has 0 saturated carbocycles. The molecule has 1 amide bonds. The van der Waals surface area contributed by atoms with Gasteiger partial charge in [0.05, 0.1) is 26.9 Å². The first-order chi connectivity index (χ1) is 14.1. The summed E-state index contributed by atoms with van der Waals surface area (Å²) in [6.45, 7) is 7.07. The van der Waals surface area contributed by atoms with Crippen molar-refractivity contribution in [2.75, 3.05) is 73.2 Å². The summed E-state index contributed by atoms with van der Waals surface area (Å²) in [5, 5.41) is 4.05. The number of hydrogen-bond acceptors (Lipinski definition) is 5. The van der Waals surface area contributed by atoms with Crippen molar-refractivity contribution < 1.29 is 14.3 Å². The molecule has 9 heteroatoms. The van der Waals surface area contributed by atoms with Gasteiger partial charge in [-0.15, -0.1) is 0 Å². The van der Waals surface area contributed by atoms with E-state index in [0.29, 0.717) is 44.4 Å². The van der Waals surface area contributed by atoms with E-state index in [0.717, 1.165) is 43.5 Å². The molecule has 3 rings (SSSR count). The van der Waals surface area contributed by atoms with E-state index in [-0.39, 0.29) is 5.91 Å². The highest BCUT2D eigenvalue weighted by Crippen LogP contribution is 2.23. The Bertz CT molecular complexity index is 716. The molecule has 2 aliphatic rings. The van der Waals surface area contributed by atoms with Gasteiger partial charge in [-0.25, -0.2) is 0 Å². The monoisotopic (exact) mass is 423 g/mol. The summed E-state index contributed by atoms with van der Waals surface area (Å²) in [6.07, 6.45) is 0. The Labute approximate surface area is 177 Å². The van der Waals surface area contributed by atoms with Crippen LogP contribution in [0.5, 0.6) is 5.75 Å². The third-order valence-electron chi connectivity index (χ3n) is 5.29. The predicted octanol–water partition coefficient (Wildman–Crippen LogP) is 0.900. The van der Waals surface area contributed by atoms with Gasteiger partial charge in [0.15, 0.2) is 5.96 Å². The quantitative estimate of drug-likeness (QED) is 0.560. The molecule has 1 aromatic rings. The summed E-state index contributed by atoms with van der Waals surface area (Å²) in [5.74, 6) is 1.80. The maximum atomic E-state index is 12.4. The van der Waals surface area contributed by atoms with Crippen molar-refractivity contribution in [1.82, 2.24) is 20.0 Å². The molecule has 2 aliphatic heterocycles. The Kier molecular flexibility index (Phi) is 7.97. The van der Waals surface area contributed by atoms with Crippen LogP contribution >= 0.6 is 11.6 Å². The summed E-state index contributed by atoms with van der Waals surface area (Å²) in [7, 11) is 3.43. The number of ether oxygens (including phenoxy) is 2. The Balaban J connectivity index is 1.47. The van der Waals surface area contributed by atoms with Crippen molar-refractivity contribution in [2.45, 2.75) is 6.54 Å². The van der Waals surface area contributed by atoms with Gasteiger partial charge in [-0.05, 0) is 12.1 Å². The number of benzene rings is 1. The molecule has 0 aromatic heterocycles. The van der Waals surface area contributed by atoms with Crippen molar-refractivity contribution in [2.24, 2.45) is 4.99 Å². The first-order valence-corrected chi connectivity index (χ1v) is 10.3. The van der Waals surface area contributed by atoms with E-state index in [2.05, 4.69) is 20.1 Å². The van der Waals surface area contributed by atoms with Crippen LogP contribution < -0.4 is 10.1 Å². The standard InChI is InChI=1S/C20H30ClN5O3/c1-22-20(23-14-16-3-4-17(21)13-18(16)28-2)26-7-5-24(6-8-26)15-19(27)25-9-11-29-12-10-25/h3-4,13H,5-12,14-15H2,1-2H3,(H,22,23). The zero-order chi connectivity index (χ0) is 20.6. The fraction of sp³-hybridized carbons (Fsp3) is 0.600. The third-order valence-corrected chi connectivity index (χ3v) is 5.53. The van der Waals surface area contributed by atoms with Gasteiger partial charge in [-0.1, -0.05) is 17.7 Å². The number of nitrogens with one attached hydrogen (secondary N) is 1. The third kappa shape index (κ3) is 5.98. The first-order valence-electron chi connectivity index (χ1n) is 9.96. The Hall–Kier alpha value is -2.03. The second-order valence-electron chi connectivity index (χ2n) is 7.11. The van der Waals surface area contributed by atoms with Gasteiger partial charge in [0.1, 0.15) is 5.75 Å². The van der Waals surface area contributed by atoms with Gasteiger partial charge in [0.25, 0.3) is 0 Å². The molecule has 0 unspecified atom stereocenters. The lowest BCUT2D eigenvalue weighted by atomic mass is 10.2. The molecule has 160 valence electrons. The van der Waals surface area contributed by atoms with Crippen LogP contribution in [-0.4, -0.2) is 99.8 Å². The minimum atomic E-state index is 0.194. The number of carbonyl (C=O) groups excluding carboxylic acids is 1. The molecule has 0 aliphatic carbocycles. The number of aliphatic imine (C=N–C) groups is 1. The zero-order valence-corrected chi connectivity index (χ0v) is 18.0. The topological polar surface area (TPSA) is 69.6 Å². The zero-order valence-electron chi connectivity index (χ0n) is 17.2. The number of amides is 1. The lowest BCUT2D eigenvalue weighted by Gasteiger charge is -2.37. The SMILES string of the molecule is CN=C(NCc1ccc(Cl)cc1OC)N1CCN(CC(=O)N2CCOCC2)CC1. The minimum absolute atomic E-state index is 0.194. The second kappa shape index (κ2) is 10.7. The maximum Gasteiger partial charge on any atom is 0.236 e. The van der Waals surface area contributed by atoms with Gasteiger partial charge in [-0.2, -0.15) is 0 Å². The summed E-state index contributed by atoms with van der Waals surface area (Å²) >= 11 is 6.04. The normalized spacial score (nSPS) is 18.7. The smallest absolute Gasteiger partial charge is 0.236 e. The second-order valence-corrected chi connectivity index (χ2v) is 7.55. The molecule has 2 heterocycles. The number of rotatable bonds is 5. The lowest BCUT2D eigenvalue weighted by molar-refractivity contribution is -0.136. The van der Waals surface area contributed by atoms with Crippen molar-refractivity contribution in [1.29, 1.82) is 0 Å². The minimum Gasteiger partial charge on any atom is -0.496 e. The van der Waals surface area contributed by atoms with E-state index in [9.17, 15) is 4.79 Å².